The van der Waals surface area contributed by atoms with Crippen molar-refractivity contribution in [1.82, 2.24) is 0 Å². The summed E-state index contributed by atoms with van der Waals surface area (Å²) in [5.41, 5.74) is -0.296. The molecule has 0 amide bonds. The molecule has 0 heterocycles. The number of rotatable bonds is 7. The fraction of sp³-hybridized carbons (Fsp3) is 0.933. The van der Waals surface area contributed by atoms with Crippen LogP contribution in [0.2, 0.25) is 0 Å². The van der Waals surface area contributed by atoms with E-state index in [1.807, 2.05) is 27.7 Å². The standard InChI is InChI=1S/C15H28O4/c1-5-17-10-12-6-8-13(9-7-12)14(18-11-16)19-15(2,3)4/h11-14H,5-10H2,1-4H3. The molecule has 0 bridgehead atoms. The summed E-state index contributed by atoms with van der Waals surface area (Å²) in [5.74, 6) is 0.949. The van der Waals surface area contributed by atoms with Crippen molar-refractivity contribution in [3.05, 3.63) is 0 Å². The van der Waals surface area contributed by atoms with Gasteiger partial charge in [0.15, 0.2) is 0 Å². The van der Waals surface area contributed by atoms with Crippen LogP contribution < -0.4 is 0 Å². The molecule has 0 radical (unpaired) electrons. The predicted molar refractivity (Wildman–Crippen MR) is 73.7 cm³/mol. The molecule has 0 aromatic rings. The molecule has 1 atom stereocenters. The fourth-order valence-corrected chi connectivity index (χ4v) is 2.55. The molecular formula is C15H28O4. The van der Waals surface area contributed by atoms with Crippen molar-refractivity contribution in [3.8, 4) is 0 Å². The fourth-order valence-electron chi connectivity index (χ4n) is 2.55. The predicted octanol–water partition coefficient (Wildman–Crippen LogP) is 3.14. The SMILES string of the molecule is CCOCC1CCC(C(OC=O)OC(C)(C)C)CC1. The Kier molecular flexibility index (Phi) is 6.80. The molecule has 112 valence electrons. The van der Waals surface area contributed by atoms with Crippen LogP contribution >= 0.6 is 0 Å². The summed E-state index contributed by atoms with van der Waals surface area (Å²) in [6, 6.07) is 0. The second-order valence-electron chi connectivity index (χ2n) is 6.27. The van der Waals surface area contributed by atoms with Crippen molar-refractivity contribution >= 4 is 6.47 Å². The molecule has 0 aliphatic heterocycles. The number of carbonyl (C=O) groups excluding carboxylic acids is 1. The molecule has 0 spiro atoms. The third-order valence-corrected chi connectivity index (χ3v) is 3.49. The Morgan fingerprint density at radius 3 is 2.32 bits per heavy atom. The van der Waals surface area contributed by atoms with E-state index in [-0.39, 0.29) is 5.60 Å². The number of hydrogen-bond donors (Lipinski definition) is 0. The topological polar surface area (TPSA) is 44.8 Å². The zero-order valence-electron chi connectivity index (χ0n) is 12.7. The Hall–Kier alpha value is -0.610. The highest BCUT2D eigenvalue weighted by atomic mass is 16.7. The monoisotopic (exact) mass is 272 g/mol. The molecule has 0 aromatic carbocycles. The lowest BCUT2D eigenvalue weighted by Gasteiger charge is -2.35. The third kappa shape index (κ3) is 6.39. The van der Waals surface area contributed by atoms with E-state index < -0.39 is 6.29 Å². The zero-order valence-corrected chi connectivity index (χ0v) is 12.7. The summed E-state index contributed by atoms with van der Waals surface area (Å²) in [4.78, 5) is 10.6. The maximum Gasteiger partial charge on any atom is 0.295 e. The molecule has 1 aliphatic rings. The van der Waals surface area contributed by atoms with Gasteiger partial charge in [-0.3, -0.25) is 4.79 Å². The lowest BCUT2D eigenvalue weighted by Crippen LogP contribution is -2.37. The van der Waals surface area contributed by atoms with Crippen molar-refractivity contribution in [2.45, 2.75) is 65.3 Å². The van der Waals surface area contributed by atoms with Crippen LogP contribution in [0.15, 0.2) is 0 Å². The molecule has 0 aromatic heterocycles. The van der Waals surface area contributed by atoms with E-state index in [0.717, 1.165) is 38.9 Å². The maximum absolute atomic E-state index is 10.6. The van der Waals surface area contributed by atoms with E-state index in [4.69, 9.17) is 14.2 Å². The van der Waals surface area contributed by atoms with Crippen LogP contribution in [0.25, 0.3) is 0 Å². The van der Waals surface area contributed by atoms with Gasteiger partial charge in [0.05, 0.1) is 5.60 Å². The van der Waals surface area contributed by atoms with Gasteiger partial charge >= 0.3 is 0 Å². The van der Waals surface area contributed by atoms with Crippen molar-refractivity contribution < 1.29 is 19.0 Å². The van der Waals surface area contributed by atoms with Crippen molar-refractivity contribution in [3.63, 3.8) is 0 Å². The first kappa shape index (κ1) is 16.4. The minimum Gasteiger partial charge on any atom is -0.438 e. The lowest BCUT2D eigenvalue weighted by atomic mass is 9.82. The van der Waals surface area contributed by atoms with Crippen LogP contribution in [-0.2, 0) is 19.0 Å². The average Bonchev–Trinajstić information content (AvgIpc) is 2.35. The van der Waals surface area contributed by atoms with Crippen LogP contribution in [0.1, 0.15) is 53.4 Å². The van der Waals surface area contributed by atoms with Gasteiger partial charge in [0.1, 0.15) is 0 Å². The normalized spacial score (nSPS) is 25.9. The highest BCUT2D eigenvalue weighted by molar-refractivity contribution is 5.37. The first-order valence-electron chi connectivity index (χ1n) is 7.31. The molecule has 0 N–H and O–H groups in total. The third-order valence-electron chi connectivity index (χ3n) is 3.49. The van der Waals surface area contributed by atoms with Crippen LogP contribution in [0.5, 0.6) is 0 Å². The minimum absolute atomic E-state index is 0.296. The van der Waals surface area contributed by atoms with Crippen molar-refractivity contribution in [2.75, 3.05) is 13.2 Å². The Bertz CT molecular complexity index is 251. The van der Waals surface area contributed by atoms with Gasteiger partial charge in [-0.1, -0.05) is 0 Å². The van der Waals surface area contributed by atoms with Crippen molar-refractivity contribution in [2.24, 2.45) is 11.8 Å². The summed E-state index contributed by atoms with van der Waals surface area (Å²) < 4.78 is 16.5. The number of carbonyl (C=O) groups is 1. The zero-order chi connectivity index (χ0) is 14.3. The molecule has 1 saturated carbocycles. The smallest absolute Gasteiger partial charge is 0.295 e. The quantitative estimate of drug-likeness (QED) is 0.527. The van der Waals surface area contributed by atoms with E-state index >= 15 is 0 Å². The van der Waals surface area contributed by atoms with Gasteiger partial charge in [-0.15, -0.1) is 0 Å². The Morgan fingerprint density at radius 1 is 1.21 bits per heavy atom. The maximum atomic E-state index is 10.6. The molecular weight excluding hydrogens is 244 g/mol. The molecule has 4 nitrogen and oxygen atoms in total. The van der Waals surface area contributed by atoms with Crippen LogP contribution in [0, 0.1) is 11.8 Å². The average molecular weight is 272 g/mol. The van der Waals surface area contributed by atoms with Gasteiger partial charge in [0, 0.05) is 19.1 Å². The molecule has 0 saturated heterocycles. The van der Waals surface area contributed by atoms with Crippen molar-refractivity contribution in [1.29, 1.82) is 0 Å². The highest BCUT2D eigenvalue weighted by Crippen LogP contribution is 2.33. The Balaban J connectivity index is 2.43. The summed E-state index contributed by atoms with van der Waals surface area (Å²) >= 11 is 0. The molecule has 19 heavy (non-hydrogen) atoms. The summed E-state index contributed by atoms with van der Waals surface area (Å²) in [6.45, 7) is 10.1. The molecule has 1 rings (SSSR count). The summed E-state index contributed by atoms with van der Waals surface area (Å²) in [5, 5.41) is 0. The van der Waals surface area contributed by atoms with Crippen LogP contribution in [-0.4, -0.2) is 31.6 Å². The van der Waals surface area contributed by atoms with Gasteiger partial charge in [-0.2, -0.15) is 0 Å². The largest absolute Gasteiger partial charge is 0.438 e. The number of ether oxygens (including phenoxy) is 3. The van der Waals surface area contributed by atoms with Crippen LogP contribution in [0.3, 0.4) is 0 Å². The second kappa shape index (κ2) is 7.85. The van der Waals surface area contributed by atoms with Gasteiger partial charge in [-0.25, -0.2) is 0 Å². The minimum atomic E-state index is -0.412. The number of hydrogen-bond acceptors (Lipinski definition) is 4. The first-order valence-corrected chi connectivity index (χ1v) is 7.31. The van der Waals surface area contributed by atoms with Crippen LogP contribution in [0.4, 0.5) is 0 Å². The van der Waals surface area contributed by atoms with E-state index in [9.17, 15) is 4.79 Å². The molecule has 1 unspecified atom stereocenters. The Morgan fingerprint density at radius 2 is 1.84 bits per heavy atom. The van der Waals surface area contributed by atoms with Gasteiger partial charge in [0.2, 0.25) is 6.29 Å². The van der Waals surface area contributed by atoms with E-state index in [2.05, 4.69) is 0 Å². The summed E-state index contributed by atoms with van der Waals surface area (Å²) in [6.07, 6.45) is 3.90. The lowest BCUT2D eigenvalue weighted by molar-refractivity contribution is -0.214. The highest BCUT2D eigenvalue weighted by Gasteiger charge is 2.32. The first-order chi connectivity index (χ1) is 8.96. The molecule has 1 fully saturated rings. The second-order valence-corrected chi connectivity index (χ2v) is 6.27. The van der Waals surface area contributed by atoms with Gasteiger partial charge in [-0.05, 0) is 59.3 Å². The van der Waals surface area contributed by atoms with Gasteiger partial charge < -0.3 is 14.2 Å². The molecule has 1 aliphatic carbocycles. The Labute approximate surface area is 116 Å². The van der Waals surface area contributed by atoms with E-state index in [0.29, 0.717) is 18.3 Å². The summed E-state index contributed by atoms with van der Waals surface area (Å²) in [7, 11) is 0. The van der Waals surface area contributed by atoms with E-state index in [1.54, 1.807) is 0 Å². The van der Waals surface area contributed by atoms with E-state index in [1.165, 1.54) is 0 Å². The van der Waals surface area contributed by atoms with Gasteiger partial charge in [0.25, 0.3) is 6.47 Å². The molecule has 4 heteroatoms.